The molecule has 0 N–H and O–H groups in total. The van der Waals surface area contributed by atoms with E-state index in [4.69, 9.17) is 4.74 Å². The molecule has 0 saturated carbocycles. The van der Waals surface area contributed by atoms with Crippen LogP contribution >= 0.6 is 22.6 Å². The van der Waals surface area contributed by atoms with Crippen LogP contribution in [0, 0.1) is 0 Å². The van der Waals surface area contributed by atoms with Crippen LogP contribution in [-0.4, -0.2) is 16.6 Å². The Morgan fingerprint density at radius 3 is 2.12 bits per heavy atom. The number of halogens is 1. The van der Waals surface area contributed by atoms with Crippen molar-refractivity contribution in [3.05, 3.63) is 0 Å². The van der Waals surface area contributed by atoms with Gasteiger partial charge in [-0.15, -0.1) is 0 Å². The van der Waals surface area contributed by atoms with Gasteiger partial charge in [0.05, 0.1) is 6.10 Å². The highest BCUT2D eigenvalue weighted by Gasteiger charge is 2.05. The summed E-state index contributed by atoms with van der Waals surface area (Å²) >= 11 is 2.37. The van der Waals surface area contributed by atoms with Crippen LogP contribution in [-0.2, 0) is 4.74 Å². The van der Waals surface area contributed by atoms with Crippen LogP contribution in [0.1, 0.15) is 20.8 Å². The van der Waals surface area contributed by atoms with E-state index in [-0.39, 0.29) is 0 Å². The van der Waals surface area contributed by atoms with E-state index in [1.807, 2.05) is 6.92 Å². The lowest BCUT2D eigenvalue weighted by Gasteiger charge is -2.12. The molecule has 1 unspecified atom stereocenters. The van der Waals surface area contributed by atoms with E-state index in [1.165, 1.54) is 0 Å². The van der Waals surface area contributed by atoms with Gasteiger partial charge in [0.1, 0.15) is 0 Å². The zero-order valence-corrected chi connectivity index (χ0v) is 7.81. The molecule has 2 heteroatoms. The molecule has 0 aliphatic rings. The minimum absolute atomic E-state index is 0.403. The van der Waals surface area contributed by atoms with E-state index in [0.29, 0.717) is 10.0 Å². The van der Waals surface area contributed by atoms with Crippen LogP contribution < -0.4 is 0 Å². The fourth-order valence-electron chi connectivity index (χ4n) is 0.395. The van der Waals surface area contributed by atoms with Crippen molar-refractivity contribution in [2.24, 2.45) is 0 Å². The van der Waals surface area contributed by atoms with E-state index in [1.54, 1.807) is 0 Å². The first-order valence-electron chi connectivity index (χ1n) is 2.94. The van der Waals surface area contributed by atoms with Crippen molar-refractivity contribution >= 4 is 22.6 Å². The SMILES string of the molecule is CCOC(C)[C@H](C)I. The maximum Gasteiger partial charge on any atom is 0.0661 e. The molecule has 0 fully saturated rings. The lowest BCUT2D eigenvalue weighted by molar-refractivity contribution is 0.0807. The molecule has 0 heterocycles. The van der Waals surface area contributed by atoms with Gasteiger partial charge in [-0.2, -0.15) is 0 Å². The van der Waals surface area contributed by atoms with Gasteiger partial charge >= 0.3 is 0 Å². The molecule has 0 spiro atoms. The standard InChI is InChI=1S/C6H13IO/c1-4-8-6(3)5(2)7/h5-6H,4H2,1-3H3/t5-,6?/m0/s1. The van der Waals surface area contributed by atoms with Crippen LogP contribution in [0.25, 0.3) is 0 Å². The van der Waals surface area contributed by atoms with Gasteiger partial charge in [-0.25, -0.2) is 0 Å². The first-order valence-corrected chi connectivity index (χ1v) is 4.18. The molecule has 0 aromatic carbocycles. The van der Waals surface area contributed by atoms with Gasteiger partial charge in [0, 0.05) is 10.5 Å². The van der Waals surface area contributed by atoms with E-state index in [9.17, 15) is 0 Å². The molecule has 2 atom stereocenters. The second-order valence-corrected chi connectivity index (χ2v) is 3.80. The number of ether oxygens (including phenoxy) is 1. The van der Waals surface area contributed by atoms with Gasteiger partial charge in [-0.3, -0.25) is 0 Å². The van der Waals surface area contributed by atoms with Gasteiger partial charge in [-0.1, -0.05) is 29.5 Å². The van der Waals surface area contributed by atoms with E-state index >= 15 is 0 Å². The van der Waals surface area contributed by atoms with Crippen molar-refractivity contribution in [1.29, 1.82) is 0 Å². The molecule has 0 aromatic rings. The van der Waals surface area contributed by atoms with Crippen molar-refractivity contribution < 1.29 is 4.74 Å². The molecule has 0 aliphatic carbocycles. The number of hydrogen-bond acceptors (Lipinski definition) is 1. The maximum atomic E-state index is 5.30. The zero-order chi connectivity index (χ0) is 6.57. The third kappa shape index (κ3) is 3.66. The van der Waals surface area contributed by atoms with Crippen molar-refractivity contribution in [2.75, 3.05) is 6.61 Å². The summed E-state index contributed by atoms with van der Waals surface area (Å²) in [4.78, 5) is 0. The van der Waals surface area contributed by atoms with Crippen LogP contribution in [0.4, 0.5) is 0 Å². The molecule has 0 rings (SSSR count). The Morgan fingerprint density at radius 2 is 2.00 bits per heavy atom. The molecule has 0 saturated heterocycles. The minimum Gasteiger partial charge on any atom is -0.378 e. The average Bonchev–Trinajstić information content (AvgIpc) is 1.67. The summed E-state index contributed by atoms with van der Waals surface area (Å²) < 4.78 is 5.91. The molecule has 0 amide bonds. The number of alkyl halides is 1. The van der Waals surface area contributed by atoms with Crippen molar-refractivity contribution in [3.63, 3.8) is 0 Å². The molecule has 0 aromatic heterocycles. The van der Waals surface area contributed by atoms with Crippen molar-refractivity contribution in [3.8, 4) is 0 Å². The maximum absolute atomic E-state index is 5.30. The average molecular weight is 228 g/mol. The van der Waals surface area contributed by atoms with Crippen LogP contribution in [0.3, 0.4) is 0 Å². The van der Waals surface area contributed by atoms with E-state index < -0.39 is 0 Å². The Kier molecular flexibility index (Phi) is 4.95. The molecule has 1 nitrogen and oxygen atoms in total. The lowest BCUT2D eigenvalue weighted by Crippen LogP contribution is -2.16. The summed E-state index contributed by atoms with van der Waals surface area (Å²) in [7, 11) is 0. The number of rotatable bonds is 3. The first kappa shape index (κ1) is 8.69. The monoisotopic (exact) mass is 228 g/mol. The molecular weight excluding hydrogens is 215 g/mol. The summed E-state index contributed by atoms with van der Waals surface area (Å²) in [5.74, 6) is 0. The first-order chi connectivity index (χ1) is 3.68. The van der Waals surface area contributed by atoms with E-state index in [0.717, 1.165) is 6.61 Å². The highest BCUT2D eigenvalue weighted by Crippen LogP contribution is 2.07. The Morgan fingerprint density at radius 1 is 1.50 bits per heavy atom. The zero-order valence-electron chi connectivity index (χ0n) is 5.65. The third-order valence-electron chi connectivity index (χ3n) is 1.08. The van der Waals surface area contributed by atoms with Gasteiger partial charge in [0.15, 0.2) is 0 Å². The highest BCUT2D eigenvalue weighted by molar-refractivity contribution is 14.1. The van der Waals surface area contributed by atoms with Gasteiger partial charge in [-0.05, 0) is 13.8 Å². The molecule has 0 aliphatic heterocycles. The Balaban J connectivity index is 3.17. The van der Waals surface area contributed by atoms with Crippen LogP contribution in [0.5, 0.6) is 0 Å². The normalized spacial score (nSPS) is 18.0. The van der Waals surface area contributed by atoms with E-state index in [2.05, 4.69) is 36.4 Å². The second-order valence-electron chi connectivity index (χ2n) is 1.84. The van der Waals surface area contributed by atoms with Crippen molar-refractivity contribution in [1.82, 2.24) is 0 Å². The predicted molar refractivity (Wildman–Crippen MR) is 44.6 cm³/mol. The highest BCUT2D eigenvalue weighted by atomic mass is 127. The Bertz CT molecular complexity index is 54.5. The van der Waals surface area contributed by atoms with Crippen molar-refractivity contribution in [2.45, 2.75) is 30.8 Å². The lowest BCUT2D eigenvalue weighted by atomic mass is 10.3. The fourth-order valence-corrected chi connectivity index (χ4v) is 0.603. The van der Waals surface area contributed by atoms with Crippen LogP contribution in [0.15, 0.2) is 0 Å². The minimum atomic E-state index is 0.403. The molecular formula is C6H13IO. The molecule has 0 bridgehead atoms. The predicted octanol–water partition coefficient (Wildman–Crippen LogP) is 2.23. The molecule has 50 valence electrons. The smallest absolute Gasteiger partial charge is 0.0661 e. The topological polar surface area (TPSA) is 9.23 Å². The fraction of sp³-hybridized carbons (Fsp3) is 1.00. The quantitative estimate of drug-likeness (QED) is 0.531. The number of hydrogen-bond donors (Lipinski definition) is 0. The summed E-state index contributed by atoms with van der Waals surface area (Å²) in [6.07, 6.45) is 0.403. The molecule has 8 heavy (non-hydrogen) atoms. The summed E-state index contributed by atoms with van der Waals surface area (Å²) in [5.41, 5.74) is 0. The van der Waals surface area contributed by atoms with Gasteiger partial charge in [0.2, 0.25) is 0 Å². The second kappa shape index (κ2) is 4.56. The van der Waals surface area contributed by atoms with Gasteiger partial charge in [0.25, 0.3) is 0 Å². The Hall–Kier alpha value is 0.690. The Labute approximate surface area is 64.9 Å². The van der Waals surface area contributed by atoms with Gasteiger partial charge < -0.3 is 4.74 Å². The molecule has 0 radical (unpaired) electrons. The van der Waals surface area contributed by atoms with Crippen LogP contribution in [0.2, 0.25) is 0 Å². The summed E-state index contributed by atoms with van der Waals surface area (Å²) in [6.45, 7) is 7.10. The summed E-state index contributed by atoms with van der Waals surface area (Å²) in [5, 5.41) is 0. The third-order valence-corrected chi connectivity index (χ3v) is 2.09. The largest absolute Gasteiger partial charge is 0.378 e. The summed E-state index contributed by atoms with van der Waals surface area (Å²) in [6, 6.07) is 0.